The van der Waals surface area contributed by atoms with Gasteiger partial charge in [-0.2, -0.15) is 0 Å². The van der Waals surface area contributed by atoms with Crippen molar-refractivity contribution in [3.8, 4) is 11.4 Å². The van der Waals surface area contributed by atoms with E-state index in [2.05, 4.69) is 4.98 Å². The van der Waals surface area contributed by atoms with Gasteiger partial charge in [0, 0.05) is 37.9 Å². The van der Waals surface area contributed by atoms with Gasteiger partial charge in [-0.1, -0.05) is 12.1 Å². The number of hydrogen-bond acceptors (Lipinski definition) is 5. The number of aromatic nitrogens is 2. The van der Waals surface area contributed by atoms with Crippen molar-refractivity contribution in [3.63, 3.8) is 0 Å². The number of benzene rings is 2. The van der Waals surface area contributed by atoms with E-state index >= 15 is 0 Å². The van der Waals surface area contributed by atoms with Crippen LogP contribution in [0.3, 0.4) is 0 Å². The molecule has 2 saturated heterocycles. The second kappa shape index (κ2) is 10.4. The van der Waals surface area contributed by atoms with Crippen LogP contribution in [0.1, 0.15) is 29.7 Å². The summed E-state index contributed by atoms with van der Waals surface area (Å²) in [7, 11) is 1.61. The zero-order valence-electron chi connectivity index (χ0n) is 20.9. The monoisotopic (exact) mass is 508 g/mol. The molecule has 7 nitrogen and oxygen atoms in total. The highest BCUT2D eigenvalue weighted by Crippen LogP contribution is 2.29. The highest BCUT2D eigenvalue weighted by Gasteiger charge is 2.39. The lowest BCUT2D eigenvalue weighted by molar-refractivity contribution is -0.132. The minimum atomic E-state index is -0.889. The molecule has 9 heteroatoms. The van der Waals surface area contributed by atoms with E-state index in [-0.39, 0.29) is 11.9 Å². The molecule has 0 bridgehead atoms. The second-order valence-corrected chi connectivity index (χ2v) is 9.70. The standard InChI is InChI=1S/C28H30F2N4O3/c1-18-13-33(17-31-18)24-8-6-19(12-27(24)37-2)10-21-4-3-9-34(28(21)36)25-15-32(16-26(25)35)14-20-5-7-22(29)23(30)11-20/h5-8,10-13,17,25-26,35H,3-4,9,14-16H2,1-2H3/b21-10+. The van der Waals surface area contributed by atoms with E-state index in [1.165, 1.54) is 6.07 Å². The number of ether oxygens (including phenoxy) is 1. The fourth-order valence-corrected chi connectivity index (χ4v) is 5.21. The summed E-state index contributed by atoms with van der Waals surface area (Å²) in [6, 6.07) is 9.25. The lowest BCUT2D eigenvalue weighted by atomic mass is 9.98. The summed E-state index contributed by atoms with van der Waals surface area (Å²) in [4.78, 5) is 21.4. The van der Waals surface area contributed by atoms with Crippen molar-refractivity contribution in [3.05, 3.63) is 83.0 Å². The maximum Gasteiger partial charge on any atom is 0.250 e. The van der Waals surface area contributed by atoms with Crippen molar-refractivity contribution < 1.29 is 23.4 Å². The van der Waals surface area contributed by atoms with Gasteiger partial charge in [-0.25, -0.2) is 13.8 Å². The van der Waals surface area contributed by atoms with Gasteiger partial charge < -0.3 is 19.3 Å². The van der Waals surface area contributed by atoms with Crippen LogP contribution in [0.15, 0.2) is 54.5 Å². The summed E-state index contributed by atoms with van der Waals surface area (Å²) < 4.78 is 34.4. The number of aryl methyl sites for hydroxylation is 1. The quantitative estimate of drug-likeness (QED) is 0.514. The third kappa shape index (κ3) is 5.28. The third-order valence-corrected chi connectivity index (χ3v) is 7.04. The molecule has 0 spiro atoms. The summed E-state index contributed by atoms with van der Waals surface area (Å²) >= 11 is 0. The Bertz CT molecular complexity index is 1340. The van der Waals surface area contributed by atoms with Gasteiger partial charge >= 0.3 is 0 Å². The molecule has 3 heterocycles. The maximum absolute atomic E-state index is 13.6. The molecule has 194 valence electrons. The molecule has 1 amide bonds. The van der Waals surface area contributed by atoms with E-state index < -0.39 is 17.7 Å². The lowest BCUT2D eigenvalue weighted by Gasteiger charge is -2.35. The first-order valence-electron chi connectivity index (χ1n) is 12.4. The minimum Gasteiger partial charge on any atom is -0.495 e. The van der Waals surface area contributed by atoms with Gasteiger partial charge in [0.25, 0.3) is 0 Å². The molecule has 2 unspecified atom stereocenters. The van der Waals surface area contributed by atoms with Gasteiger partial charge in [-0.3, -0.25) is 9.69 Å². The molecule has 2 fully saturated rings. The van der Waals surface area contributed by atoms with E-state index in [0.717, 1.165) is 29.4 Å². The van der Waals surface area contributed by atoms with E-state index in [4.69, 9.17) is 4.74 Å². The van der Waals surface area contributed by atoms with Crippen LogP contribution < -0.4 is 4.74 Å². The smallest absolute Gasteiger partial charge is 0.250 e. The van der Waals surface area contributed by atoms with Crippen LogP contribution in [-0.2, 0) is 11.3 Å². The zero-order valence-corrected chi connectivity index (χ0v) is 20.9. The van der Waals surface area contributed by atoms with Crippen LogP contribution in [-0.4, -0.2) is 69.3 Å². The number of nitrogens with zero attached hydrogens (tertiary/aromatic N) is 4. The summed E-state index contributed by atoms with van der Waals surface area (Å²) in [6.07, 6.45) is 6.28. The van der Waals surface area contributed by atoms with Gasteiger partial charge in [0.05, 0.1) is 37.0 Å². The number of β-amino-alcohol motifs (C(OH)–C–C–N with tert-alkyl or cyclic N) is 1. The molecule has 5 rings (SSSR count). The molecule has 0 saturated carbocycles. The number of halogens is 2. The van der Waals surface area contributed by atoms with Gasteiger partial charge in [-0.15, -0.1) is 0 Å². The number of aliphatic hydroxyl groups is 1. The number of aliphatic hydroxyl groups excluding tert-OH is 1. The van der Waals surface area contributed by atoms with Gasteiger partial charge in [-0.05, 0) is 61.2 Å². The maximum atomic E-state index is 13.6. The summed E-state index contributed by atoms with van der Waals surface area (Å²) in [5.74, 6) is -1.19. The SMILES string of the molecule is COc1cc(/C=C2\CCCN(C3CN(Cc4ccc(F)c(F)c4)CC3O)C2=O)ccc1-n1cnc(C)c1. The Morgan fingerprint density at radius 2 is 2.00 bits per heavy atom. The highest BCUT2D eigenvalue weighted by atomic mass is 19.2. The summed E-state index contributed by atoms with van der Waals surface area (Å²) in [5, 5.41) is 10.8. The number of hydrogen-bond donors (Lipinski definition) is 1. The first-order valence-corrected chi connectivity index (χ1v) is 12.4. The average molecular weight is 509 g/mol. The number of piperidine rings is 1. The highest BCUT2D eigenvalue weighted by molar-refractivity contribution is 5.98. The Hall–Kier alpha value is -3.56. The largest absolute Gasteiger partial charge is 0.495 e. The normalized spacial score (nSPS) is 21.7. The fourth-order valence-electron chi connectivity index (χ4n) is 5.21. The number of carbonyl (C=O) groups excluding carboxylic acids is 1. The van der Waals surface area contributed by atoms with E-state index in [1.807, 2.05) is 46.9 Å². The number of carbonyl (C=O) groups is 1. The van der Waals surface area contributed by atoms with Gasteiger partial charge in [0.2, 0.25) is 5.91 Å². The Morgan fingerprint density at radius 3 is 2.73 bits per heavy atom. The molecule has 2 aliphatic heterocycles. The molecule has 0 aliphatic carbocycles. The summed E-state index contributed by atoms with van der Waals surface area (Å²) in [5.41, 5.74) is 3.93. The number of rotatable bonds is 6. The van der Waals surface area contributed by atoms with Crippen molar-refractivity contribution in [2.75, 3.05) is 26.7 Å². The van der Waals surface area contributed by atoms with Crippen LogP contribution in [0.2, 0.25) is 0 Å². The lowest BCUT2D eigenvalue weighted by Crippen LogP contribution is -2.49. The minimum absolute atomic E-state index is 0.0849. The molecule has 1 aromatic heterocycles. The van der Waals surface area contributed by atoms with Gasteiger partial charge in [0.15, 0.2) is 11.6 Å². The van der Waals surface area contributed by atoms with Crippen LogP contribution in [0.5, 0.6) is 5.75 Å². The zero-order chi connectivity index (χ0) is 26.1. The molecular weight excluding hydrogens is 478 g/mol. The van der Waals surface area contributed by atoms with Crippen LogP contribution in [0.25, 0.3) is 11.8 Å². The molecular formula is C28H30F2N4O3. The first-order chi connectivity index (χ1) is 17.8. The number of likely N-dealkylation sites (tertiary alicyclic amines) is 2. The second-order valence-electron chi connectivity index (χ2n) is 9.70. The van der Waals surface area contributed by atoms with Crippen molar-refractivity contribution in [2.45, 2.75) is 38.5 Å². The first kappa shape index (κ1) is 25.1. The predicted octanol–water partition coefficient (Wildman–Crippen LogP) is 3.72. The average Bonchev–Trinajstić information content (AvgIpc) is 3.47. The molecule has 2 aromatic carbocycles. The van der Waals surface area contributed by atoms with Crippen LogP contribution in [0.4, 0.5) is 8.78 Å². The number of methoxy groups -OCH3 is 1. The van der Waals surface area contributed by atoms with Gasteiger partial charge in [0.1, 0.15) is 5.75 Å². The molecule has 3 aromatic rings. The molecule has 2 atom stereocenters. The van der Waals surface area contributed by atoms with Crippen molar-refractivity contribution in [1.29, 1.82) is 0 Å². The van der Waals surface area contributed by atoms with Crippen LogP contribution in [0, 0.1) is 18.6 Å². The Labute approximate surface area is 214 Å². The summed E-state index contributed by atoms with van der Waals surface area (Å²) in [6.45, 7) is 3.69. The molecule has 2 aliphatic rings. The fraction of sp³-hybridized carbons (Fsp3) is 0.357. The number of amides is 1. The Balaban J connectivity index is 1.31. The van der Waals surface area contributed by atoms with E-state index in [9.17, 15) is 18.7 Å². The van der Waals surface area contributed by atoms with Crippen molar-refractivity contribution >= 4 is 12.0 Å². The van der Waals surface area contributed by atoms with Crippen LogP contribution >= 0.6 is 0 Å². The third-order valence-electron chi connectivity index (χ3n) is 7.04. The van der Waals surface area contributed by atoms with E-state index in [0.29, 0.717) is 49.5 Å². The number of imidazole rings is 1. The topological polar surface area (TPSA) is 70.8 Å². The Morgan fingerprint density at radius 1 is 1.16 bits per heavy atom. The van der Waals surface area contributed by atoms with E-state index in [1.54, 1.807) is 24.4 Å². The van der Waals surface area contributed by atoms with Crippen molar-refractivity contribution in [1.82, 2.24) is 19.4 Å². The molecule has 1 N–H and O–H groups in total. The molecule has 0 radical (unpaired) electrons. The Kier molecular flexibility index (Phi) is 7.08. The molecule has 37 heavy (non-hydrogen) atoms. The van der Waals surface area contributed by atoms with Crippen molar-refractivity contribution in [2.24, 2.45) is 0 Å². The predicted molar refractivity (Wildman–Crippen MR) is 135 cm³/mol.